The van der Waals surface area contributed by atoms with E-state index in [0.29, 0.717) is 6.04 Å². The molecule has 14 heavy (non-hydrogen) atoms. The fraction of sp³-hybridized carbons (Fsp3) is 0.636. The Labute approximate surface area is 95.5 Å². The van der Waals surface area contributed by atoms with E-state index in [4.69, 9.17) is 11.6 Å². The Kier molecular flexibility index (Phi) is 4.93. The second-order valence-corrected chi connectivity index (χ2v) is 5.08. The van der Waals surface area contributed by atoms with Gasteiger partial charge in [-0.2, -0.15) is 0 Å². The summed E-state index contributed by atoms with van der Waals surface area (Å²) in [5.41, 5.74) is 0. The predicted octanol–water partition coefficient (Wildman–Crippen LogP) is 4.10. The first-order chi connectivity index (χ1) is 6.69. The maximum atomic E-state index is 6.11. The van der Waals surface area contributed by atoms with Crippen LogP contribution in [0, 0.1) is 5.92 Å². The molecule has 0 spiro atoms. The number of hydrogen-bond donors (Lipinski definition) is 1. The average molecular weight is 232 g/mol. The summed E-state index contributed by atoms with van der Waals surface area (Å²) in [7, 11) is 2.00. The van der Waals surface area contributed by atoms with Gasteiger partial charge in [0.25, 0.3) is 0 Å². The maximum Gasteiger partial charge on any atom is 0.0561 e. The highest BCUT2D eigenvalue weighted by atomic mass is 35.5. The molecule has 0 aliphatic carbocycles. The van der Waals surface area contributed by atoms with Crippen molar-refractivity contribution in [1.82, 2.24) is 5.32 Å². The molecule has 1 heterocycles. The van der Waals surface area contributed by atoms with E-state index in [1.165, 1.54) is 11.3 Å². The molecule has 0 aliphatic rings. The van der Waals surface area contributed by atoms with E-state index in [9.17, 15) is 0 Å². The van der Waals surface area contributed by atoms with Gasteiger partial charge in [0.1, 0.15) is 0 Å². The zero-order chi connectivity index (χ0) is 10.6. The summed E-state index contributed by atoms with van der Waals surface area (Å²) in [6.45, 7) is 4.51. The zero-order valence-electron chi connectivity index (χ0n) is 9.01. The smallest absolute Gasteiger partial charge is 0.0561 e. The Morgan fingerprint density at radius 3 is 2.71 bits per heavy atom. The van der Waals surface area contributed by atoms with Crippen LogP contribution in [0.25, 0.3) is 0 Å². The monoisotopic (exact) mass is 231 g/mol. The largest absolute Gasteiger partial charge is 0.312 e. The lowest BCUT2D eigenvalue weighted by Gasteiger charge is -2.18. The molecular formula is C11H18ClNS. The topological polar surface area (TPSA) is 12.0 Å². The first-order valence-corrected chi connectivity index (χ1v) is 6.34. The molecule has 0 aliphatic heterocycles. The van der Waals surface area contributed by atoms with E-state index in [0.717, 1.165) is 17.4 Å². The third-order valence-electron chi connectivity index (χ3n) is 2.64. The predicted molar refractivity (Wildman–Crippen MR) is 65.2 cm³/mol. The summed E-state index contributed by atoms with van der Waals surface area (Å²) in [5, 5.41) is 6.29. The Morgan fingerprint density at radius 2 is 2.29 bits per heavy atom. The molecule has 3 heteroatoms. The minimum Gasteiger partial charge on any atom is -0.312 e. The molecule has 1 aromatic rings. The summed E-state index contributed by atoms with van der Waals surface area (Å²) < 4.78 is 0. The van der Waals surface area contributed by atoms with Crippen molar-refractivity contribution in [2.45, 2.75) is 32.7 Å². The first-order valence-electron chi connectivity index (χ1n) is 5.09. The van der Waals surface area contributed by atoms with Gasteiger partial charge in [0.2, 0.25) is 0 Å². The molecular weight excluding hydrogens is 214 g/mol. The fourth-order valence-corrected chi connectivity index (χ4v) is 2.79. The van der Waals surface area contributed by atoms with Crippen molar-refractivity contribution in [3.8, 4) is 0 Å². The van der Waals surface area contributed by atoms with Crippen molar-refractivity contribution in [2.75, 3.05) is 7.05 Å². The van der Waals surface area contributed by atoms with Gasteiger partial charge in [-0.3, -0.25) is 0 Å². The fourth-order valence-electron chi connectivity index (χ4n) is 1.48. The molecule has 2 unspecified atom stereocenters. The molecule has 0 aromatic carbocycles. The Bertz CT molecular complexity index is 272. The minimum atomic E-state index is 0.414. The van der Waals surface area contributed by atoms with Crippen LogP contribution in [0.3, 0.4) is 0 Å². The van der Waals surface area contributed by atoms with Gasteiger partial charge in [0.15, 0.2) is 0 Å². The highest BCUT2D eigenvalue weighted by molar-refractivity contribution is 7.10. The van der Waals surface area contributed by atoms with E-state index in [2.05, 4.69) is 24.5 Å². The lowest BCUT2D eigenvalue weighted by molar-refractivity contribution is 0.426. The van der Waals surface area contributed by atoms with Gasteiger partial charge in [-0.05, 0) is 30.8 Å². The lowest BCUT2D eigenvalue weighted by Crippen LogP contribution is -2.18. The van der Waals surface area contributed by atoms with Crippen LogP contribution in [0.15, 0.2) is 11.4 Å². The minimum absolute atomic E-state index is 0.414. The van der Waals surface area contributed by atoms with Crippen molar-refractivity contribution in [3.63, 3.8) is 0 Å². The molecule has 1 nitrogen and oxygen atoms in total. The molecule has 0 amide bonds. The van der Waals surface area contributed by atoms with Crippen LogP contribution in [-0.4, -0.2) is 7.05 Å². The van der Waals surface area contributed by atoms with Crippen molar-refractivity contribution >= 4 is 22.9 Å². The van der Waals surface area contributed by atoms with Crippen LogP contribution < -0.4 is 5.32 Å². The van der Waals surface area contributed by atoms with Crippen LogP contribution >= 0.6 is 22.9 Å². The van der Waals surface area contributed by atoms with Gasteiger partial charge in [0.05, 0.1) is 5.02 Å². The third kappa shape index (κ3) is 2.97. The molecule has 0 saturated carbocycles. The van der Waals surface area contributed by atoms with Crippen LogP contribution in [-0.2, 0) is 0 Å². The zero-order valence-corrected chi connectivity index (χ0v) is 10.6. The summed E-state index contributed by atoms with van der Waals surface area (Å²) in [6, 6.07) is 2.39. The van der Waals surface area contributed by atoms with Gasteiger partial charge in [-0.25, -0.2) is 0 Å². The Morgan fingerprint density at radius 1 is 1.57 bits per heavy atom. The molecule has 80 valence electrons. The molecule has 1 rings (SSSR count). The van der Waals surface area contributed by atoms with Crippen molar-refractivity contribution in [1.29, 1.82) is 0 Å². The quantitative estimate of drug-likeness (QED) is 0.805. The van der Waals surface area contributed by atoms with E-state index < -0.39 is 0 Å². The summed E-state index contributed by atoms with van der Waals surface area (Å²) in [5.74, 6) is 0.741. The normalized spacial score (nSPS) is 15.4. The molecule has 1 N–H and O–H groups in total. The van der Waals surface area contributed by atoms with Gasteiger partial charge < -0.3 is 5.32 Å². The molecule has 0 fully saturated rings. The van der Waals surface area contributed by atoms with Crippen LogP contribution in [0.5, 0.6) is 0 Å². The number of thiophene rings is 1. The average Bonchev–Trinajstić information content (AvgIpc) is 2.60. The first kappa shape index (κ1) is 12.0. The van der Waals surface area contributed by atoms with Crippen LogP contribution in [0.2, 0.25) is 5.02 Å². The van der Waals surface area contributed by atoms with Crippen LogP contribution in [0.1, 0.15) is 37.6 Å². The second-order valence-electron chi connectivity index (χ2n) is 3.72. The van der Waals surface area contributed by atoms with Gasteiger partial charge >= 0.3 is 0 Å². The summed E-state index contributed by atoms with van der Waals surface area (Å²) in [4.78, 5) is 1.27. The van der Waals surface area contributed by atoms with Crippen molar-refractivity contribution in [2.24, 2.45) is 5.92 Å². The Hall–Kier alpha value is -0.0500. The highest BCUT2D eigenvalue weighted by Crippen LogP contribution is 2.32. The van der Waals surface area contributed by atoms with E-state index in [1.807, 2.05) is 13.1 Å². The highest BCUT2D eigenvalue weighted by Gasteiger charge is 2.16. The standard InChI is InChI=1S/C11H18ClNS/c1-4-8(2)7-10(13-3)11-9(12)5-6-14-11/h5-6,8,10,13H,4,7H2,1-3H3. The van der Waals surface area contributed by atoms with Gasteiger partial charge in [0, 0.05) is 10.9 Å². The summed E-state index contributed by atoms with van der Waals surface area (Å²) >= 11 is 7.85. The number of rotatable bonds is 5. The summed E-state index contributed by atoms with van der Waals surface area (Å²) in [6.07, 6.45) is 2.38. The molecule has 0 radical (unpaired) electrons. The number of hydrogen-bond acceptors (Lipinski definition) is 2. The lowest BCUT2D eigenvalue weighted by atomic mass is 9.98. The van der Waals surface area contributed by atoms with E-state index in [1.54, 1.807) is 11.3 Å². The van der Waals surface area contributed by atoms with Crippen molar-refractivity contribution in [3.05, 3.63) is 21.3 Å². The SMILES string of the molecule is CCC(C)CC(NC)c1sccc1Cl. The van der Waals surface area contributed by atoms with Crippen molar-refractivity contribution < 1.29 is 0 Å². The number of halogens is 1. The number of nitrogens with one attached hydrogen (secondary N) is 1. The van der Waals surface area contributed by atoms with Gasteiger partial charge in [-0.15, -0.1) is 11.3 Å². The molecule has 2 atom stereocenters. The molecule has 0 saturated heterocycles. The Balaban J connectivity index is 2.67. The van der Waals surface area contributed by atoms with E-state index in [-0.39, 0.29) is 0 Å². The third-order valence-corrected chi connectivity index (χ3v) is 4.12. The maximum absolute atomic E-state index is 6.11. The molecule has 0 bridgehead atoms. The van der Waals surface area contributed by atoms with Gasteiger partial charge in [-0.1, -0.05) is 31.9 Å². The molecule has 1 aromatic heterocycles. The van der Waals surface area contributed by atoms with Crippen LogP contribution in [0.4, 0.5) is 0 Å². The van der Waals surface area contributed by atoms with E-state index >= 15 is 0 Å². The second kappa shape index (κ2) is 5.74.